The van der Waals surface area contributed by atoms with Gasteiger partial charge in [-0.1, -0.05) is 13.8 Å². The van der Waals surface area contributed by atoms with E-state index in [1.54, 1.807) is 0 Å². The molecule has 0 radical (unpaired) electrons. The fourth-order valence-electron chi connectivity index (χ4n) is 2.16. The molecule has 0 spiro atoms. The molecule has 2 nitrogen and oxygen atoms in total. The van der Waals surface area contributed by atoms with Gasteiger partial charge in [0.1, 0.15) is 5.75 Å². The van der Waals surface area contributed by atoms with E-state index in [9.17, 15) is 18.0 Å². The molecule has 2 rings (SSSR count). The zero-order chi connectivity index (χ0) is 15.1. The highest BCUT2D eigenvalue weighted by atomic mass is 19.4. The van der Waals surface area contributed by atoms with Crippen molar-refractivity contribution < 1.29 is 22.7 Å². The Morgan fingerprint density at radius 3 is 2.45 bits per heavy atom. The van der Waals surface area contributed by atoms with Crippen molar-refractivity contribution in [2.24, 2.45) is 11.3 Å². The molecule has 0 aromatic heterocycles. The molecule has 20 heavy (non-hydrogen) atoms. The molecule has 5 heteroatoms. The van der Waals surface area contributed by atoms with Gasteiger partial charge in [0, 0.05) is 0 Å². The summed E-state index contributed by atoms with van der Waals surface area (Å²) in [5, 5.41) is 0. The van der Waals surface area contributed by atoms with Crippen molar-refractivity contribution in [1.82, 2.24) is 0 Å². The maximum atomic E-state index is 12.7. The van der Waals surface area contributed by atoms with Gasteiger partial charge in [-0.05, 0) is 42.9 Å². The molecular weight excluding hydrogens is 269 g/mol. The molecule has 0 amide bonds. The lowest BCUT2D eigenvalue weighted by Crippen LogP contribution is -2.10. The molecule has 0 saturated heterocycles. The quantitative estimate of drug-likeness (QED) is 0.770. The highest BCUT2D eigenvalue weighted by Gasteiger charge is 2.46. The van der Waals surface area contributed by atoms with E-state index >= 15 is 0 Å². The van der Waals surface area contributed by atoms with Crippen LogP contribution < -0.4 is 4.74 Å². The fourth-order valence-corrected chi connectivity index (χ4v) is 2.16. The number of ether oxygens (including phenoxy) is 1. The second-order valence-corrected chi connectivity index (χ2v) is 5.97. The minimum atomic E-state index is -4.44. The number of ketones is 1. The van der Waals surface area contributed by atoms with Gasteiger partial charge >= 0.3 is 6.18 Å². The Bertz CT molecular complexity index is 532. The zero-order valence-corrected chi connectivity index (χ0v) is 11.7. The van der Waals surface area contributed by atoms with E-state index in [0.717, 1.165) is 18.6 Å². The highest BCUT2D eigenvalue weighted by molar-refractivity contribution is 5.96. The van der Waals surface area contributed by atoms with Crippen molar-refractivity contribution >= 4 is 5.78 Å². The maximum absolute atomic E-state index is 12.7. The van der Waals surface area contributed by atoms with Crippen molar-refractivity contribution in [3.63, 3.8) is 0 Å². The van der Waals surface area contributed by atoms with Crippen LogP contribution in [0.2, 0.25) is 0 Å². The number of Topliss-reactive ketones (excluding diaryl/α,β-unsaturated/α-hetero) is 1. The molecule has 0 heterocycles. The molecule has 1 aromatic carbocycles. The molecule has 0 bridgehead atoms. The van der Waals surface area contributed by atoms with Crippen LogP contribution in [0.5, 0.6) is 5.75 Å². The van der Waals surface area contributed by atoms with Gasteiger partial charge in [-0.15, -0.1) is 0 Å². The van der Waals surface area contributed by atoms with Crippen LogP contribution in [0.15, 0.2) is 18.2 Å². The molecule has 1 aromatic rings. The van der Waals surface area contributed by atoms with E-state index in [1.807, 2.05) is 0 Å². The van der Waals surface area contributed by atoms with Crippen LogP contribution in [0.25, 0.3) is 0 Å². The van der Waals surface area contributed by atoms with Crippen LogP contribution in [0.1, 0.15) is 43.1 Å². The van der Waals surface area contributed by atoms with Crippen LogP contribution in [-0.2, 0) is 6.18 Å². The molecule has 0 aliphatic heterocycles. The molecule has 0 N–H and O–H groups in total. The maximum Gasteiger partial charge on any atom is 0.416 e. The average molecular weight is 286 g/mol. The summed E-state index contributed by atoms with van der Waals surface area (Å²) in [5.41, 5.74) is -0.429. The minimum Gasteiger partial charge on any atom is -0.493 e. The Kier molecular flexibility index (Phi) is 3.56. The zero-order valence-electron chi connectivity index (χ0n) is 11.7. The van der Waals surface area contributed by atoms with Crippen molar-refractivity contribution in [2.45, 2.75) is 33.4 Å². The Balaban J connectivity index is 2.21. The average Bonchev–Trinajstić information content (AvgIpc) is 2.92. The summed E-state index contributed by atoms with van der Waals surface area (Å²) in [6, 6.07) is 3.00. The predicted molar refractivity (Wildman–Crippen MR) is 68.8 cm³/mol. The van der Waals surface area contributed by atoms with Gasteiger partial charge in [-0.25, -0.2) is 0 Å². The predicted octanol–water partition coefficient (Wildman–Crippen LogP) is 4.33. The molecule has 1 saturated carbocycles. The molecule has 1 atom stereocenters. The van der Waals surface area contributed by atoms with E-state index in [2.05, 4.69) is 13.8 Å². The van der Waals surface area contributed by atoms with Crippen LogP contribution in [0, 0.1) is 11.3 Å². The second kappa shape index (κ2) is 4.79. The number of carbonyl (C=O) groups excluding carboxylic acids is 1. The van der Waals surface area contributed by atoms with Gasteiger partial charge < -0.3 is 4.74 Å². The van der Waals surface area contributed by atoms with Crippen molar-refractivity contribution in [3.05, 3.63) is 29.3 Å². The third kappa shape index (κ3) is 3.14. The van der Waals surface area contributed by atoms with Crippen molar-refractivity contribution in [1.29, 1.82) is 0 Å². The van der Waals surface area contributed by atoms with Crippen LogP contribution in [-0.4, -0.2) is 12.4 Å². The van der Waals surface area contributed by atoms with Gasteiger partial charge in [-0.2, -0.15) is 13.2 Å². The molecule has 1 aliphatic carbocycles. The Morgan fingerprint density at radius 2 is 2.00 bits per heavy atom. The van der Waals surface area contributed by atoms with Gasteiger partial charge in [-0.3, -0.25) is 4.79 Å². The summed E-state index contributed by atoms with van der Waals surface area (Å²) < 4.78 is 43.6. The second-order valence-electron chi connectivity index (χ2n) is 5.97. The lowest BCUT2D eigenvalue weighted by molar-refractivity contribution is -0.137. The Hall–Kier alpha value is -1.52. The lowest BCUT2D eigenvalue weighted by atomic mass is 10.1. The number of rotatable bonds is 4. The van der Waals surface area contributed by atoms with Gasteiger partial charge in [0.15, 0.2) is 5.78 Å². The van der Waals surface area contributed by atoms with E-state index in [-0.39, 0.29) is 22.5 Å². The third-order valence-corrected chi connectivity index (χ3v) is 3.85. The number of carbonyl (C=O) groups is 1. The van der Waals surface area contributed by atoms with Gasteiger partial charge in [0.05, 0.1) is 17.7 Å². The van der Waals surface area contributed by atoms with Gasteiger partial charge in [0.2, 0.25) is 0 Å². The first-order chi connectivity index (χ1) is 9.11. The minimum absolute atomic E-state index is 0.0232. The van der Waals surface area contributed by atoms with E-state index in [0.29, 0.717) is 12.5 Å². The molecular formula is C15H17F3O2. The van der Waals surface area contributed by atoms with Gasteiger partial charge in [0.25, 0.3) is 0 Å². The van der Waals surface area contributed by atoms with Crippen molar-refractivity contribution in [2.75, 3.05) is 6.61 Å². The Labute approximate surface area is 115 Å². The standard InChI is InChI=1S/C15H17F3O2/c1-9(19)12-5-4-10(15(16,17)18)6-13(12)20-8-11-7-14(11,2)3/h4-6,11H,7-8H2,1-3H3. The monoisotopic (exact) mass is 286 g/mol. The molecule has 1 unspecified atom stereocenters. The topological polar surface area (TPSA) is 26.3 Å². The van der Waals surface area contributed by atoms with Crippen LogP contribution in [0.3, 0.4) is 0 Å². The largest absolute Gasteiger partial charge is 0.493 e. The number of hydrogen-bond donors (Lipinski definition) is 0. The summed E-state index contributed by atoms with van der Waals surface area (Å²) in [7, 11) is 0. The molecule has 1 fully saturated rings. The SMILES string of the molecule is CC(=O)c1ccc(C(F)(F)F)cc1OCC1CC1(C)C. The summed E-state index contributed by atoms with van der Waals surface area (Å²) in [4.78, 5) is 11.5. The first-order valence-electron chi connectivity index (χ1n) is 6.46. The number of benzene rings is 1. The smallest absolute Gasteiger partial charge is 0.416 e. The molecule has 1 aliphatic rings. The van der Waals surface area contributed by atoms with E-state index in [1.165, 1.54) is 13.0 Å². The number of alkyl halides is 3. The van der Waals surface area contributed by atoms with Crippen LogP contribution in [0.4, 0.5) is 13.2 Å². The van der Waals surface area contributed by atoms with E-state index in [4.69, 9.17) is 4.74 Å². The normalized spacial score (nSPS) is 20.6. The summed E-state index contributed by atoms with van der Waals surface area (Å²) in [6.07, 6.45) is -3.45. The fraction of sp³-hybridized carbons (Fsp3) is 0.533. The molecule has 110 valence electrons. The summed E-state index contributed by atoms with van der Waals surface area (Å²) in [5.74, 6) is 0.0515. The van der Waals surface area contributed by atoms with E-state index < -0.39 is 11.7 Å². The highest BCUT2D eigenvalue weighted by Crippen LogP contribution is 2.51. The first kappa shape index (κ1) is 14.9. The number of hydrogen-bond acceptors (Lipinski definition) is 2. The lowest BCUT2D eigenvalue weighted by Gasteiger charge is -2.14. The van der Waals surface area contributed by atoms with Crippen molar-refractivity contribution in [3.8, 4) is 5.75 Å². The number of halogens is 3. The summed E-state index contributed by atoms with van der Waals surface area (Å²) >= 11 is 0. The van der Waals surface area contributed by atoms with Crippen LogP contribution >= 0.6 is 0 Å². The summed E-state index contributed by atoms with van der Waals surface area (Å²) in [6.45, 7) is 5.82. The first-order valence-corrected chi connectivity index (χ1v) is 6.46. The Morgan fingerprint density at radius 1 is 1.40 bits per heavy atom. The third-order valence-electron chi connectivity index (χ3n) is 3.85.